The number of hydrogen-bond donors (Lipinski definition) is 1. The van der Waals surface area contributed by atoms with Crippen molar-refractivity contribution >= 4 is 17.7 Å². The Morgan fingerprint density at radius 1 is 1.25 bits per heavy atom. The van der Waals surface area contributed by atoms with E-state index in [9.17, 15) is 4.79 Å². The van der Waals surface area contributed by atoms with Crippen molar-refractivity contribution in [2.24, 2.45) is 0 Å². The van der Waals surface area contributed by atoms with Crippen LogP contribution in [0.4, 0.5) is 0 Å². The third-order valence-corrected chi connectivity index (χ3v) is 4.64. The molecule has 1 atom stereocenters. The molecule has 1 unspecified atom stereocenters. The maximum Gasteiger partial charge on any atom is 0.327 e. The summed E-state index contributed by atoms with van der Waals surface area (Å²) >= 11 is 1.70. The van der Waals surface area contributed by atoms with Crippen LogP contribution in [0.25, 0.3) is 0 Å². The fraction of sp³-hybridized carbons (Fsp3) is 0.562. The molecule has 110 valence electrons. The Kier molecular flexibility index (Phi) is 5.92. The maximum absolute atomic E-state index is 12.1. The van der Waals surface area contributed by atoms with E-state index < -0.39 is 0 Å². The lowest BCUT2D eigenvalue weighted by Gasteiger charge is -2.27. The molecule has 1 fully saturated rings. The summed E-state index contributed by atoms with van der Waals surface area (Å²) in [5.41, 5.74) is 0.986. The van der Waals surface area contributed by atoms with Crippen LogP contribution in [0.1, 0.15) is 43.7 Å². The third kappa shape index (κ3) is 4.00. The van der Waals surface area contributed by atoms with Gasteiger partial charge in [-0.05, 0) is 36.8 Å². The van der Waals surface area contributed by atoms with Gasteiger partial charge in [0.2, 0.25) is 0 Å². The van der Waals surface area contributed by atoms with Gasteiger partial charge in [-0.3, -0.25) is 5.32 Å². The molecule has 0 amide bonds. The summed E-state index contributed by atoms with van der Waals surface area (Å²) in [5.74, 6) is -0.201. The molecular weight excluding hydrogens is 270 g/mol. The van der Waals surface area contributed by atoms with Crippen molar-refractivity contribution in [1.82, 2.24) is 5.32 Å². The molecule has 1 aliphatic rings. The van der Waals surface area contributed by atoms with Crippen molar-refractivity contribution in [3.05, 3.63) is 29.8 Å². The minimum absolute atomic E-state index is 0.201. The molecular formula is C16H23NO2S. The second kappa shape index (κ2) is 7.70. The molecule has 0 radical (unpaired) electrons. The first kappa shape index (κ1) is 15.4. The summed E-state index contributed by atoms with van der Waals surface area (Å²) in [6, 6.07) is 8.22. The molecule has 0 saturated heterocycles. The van der Waals surface area contributed by atoms with Crippen molar-refractivity contribution in [3.63, 3.8) is 0 Å². The molecule has 0 heterocycles. The first-order chi connectivity index (χ1) is 9.74. The smallest absolute Gasteiger partial charge is 0.327 e. The number of esters is 1. The zero-order chi connectivity index (χ0) is 14.4. The Balaban J connectivity index is 2.10. The Morgan fingerprint density at radius 2 is 1.90 bits per heavy atom. The Morgan fingerprint density at radius 3 is 2.45 bits per heavy atom. The number of hydrogen-bond acceptors (Lipinski definition) is 4. The average molecular weight is 293 g/mol. The number of rotatable bonds is 5. The molecule has 1 aliphatic carbocycles. The monoisotopic (exact) mass is 293 g/mol. The van der Waals surface area contributed by atoms with E-state index in [4.69, 9.17) is 4.74 Å². The van der Waals surface area contributed by atoms with Crippen LogP contribution in [-0.2, 0) is 9.53 Å². The molecule has 4 heteroatoms. The Bertz CT molecular complexity index is 427. The zero-order valence-electron chi connectivity index (χ0n) is 12.2. The molecule has 1 saturated carbocycles. The standard InChI is InChI=1S/C16H23NO2S/c1-19-16(18)15(17-13-6-4-3-5-7-13)12-8-10-14(20-2)11-9-12/h8-11,13,15,17H,3-7H2,1-2H3. The molecule has 2 rings (SSSR count). The lowest BCUT2D eigenvalue weighted by molar-refractivity contribution is -0.143. The lowest BCUT2D eigenvalue weighted by atomic mass is 9.94. The fourth-order valence-corrected chi connectivity index (χ4v) is 3.13. The average Bonchev–Trinajstić information content (AvgIpc) is 2.53. The van der Waals surface area contributed by atoms with Crippen LogP contribution in [0.15, 0.2) is 29.2 Å². The van der Waals surface area contributed by atoms with Gasteiger partial charge in [0.05, 0.1) is 7.11 Å². The minimum atomic E-state index is -0.348. The maximum atomic E-state index is 12.1. The Hall–Kier alpha value is -1.00. The van der Waals surface area contributed by atoms with Gasteiger partial charge in [-0.15, -0.1) is 11.8 Å². The number of nitrogens with one attached hydrogen (secondary N) is 1. The van der Waals surface area contributed by atoms with Gasteiger partial charge in [-0.25, -0.2) is 4.79 Å². The number of thioether (sulfide) groups is 1. The summed E-state index contributed by atoms with van der Waals surface area (Å²) in [5, 5.41) is 3.48. The molecule has 0 bridgehead atoms. The summed E-state index contributed by atoms with van der Waals surface area (Å²) < 4.78 is 4.96. The van der Waals surface area contributed by atoms with E-state index >= 15 is 0 Å². The van der Waals surface area contributed by atoms with Gasteiger partial charge >= 0.3 is 5.97 Å². The topological polar surface area (TPSA) is 38.3 Å². The minimum Gasteiger partial charge on any atom is -0.468 e. The van der Waals surface area contributed by atoms with Gasteiger partial charge in [0.1, 0.15) is 6.04 Å². The molecule has 3 nitrogen and oxygen atoms in total. The summed E-state index contributed by atoms with van der Waals surface area (Å²) in [4.78, 5) is 13.3. The van der Waals surface area contributed by atoms with Crippen molar-refractivity contribution in [2.45, 2.75) is 49.1 Å². The Labute approximate surface area is 125 Å². The molecule has 1 aromatic rings. The van der Waals surface area contributed by atoms with Crippen molar-refractivity contribution in [3.8, 4) is 0 Å². The van der Waals surface area contributed by atoms with Crippen molar-refractivity contribution in [1.29, 1.82) is 0 Å². The lowest BCUT2D eigenvalue weighted by Crippen LogP contribution is -2.38. The number of carbonyl (C=O) groups is 1. The van der Waals surface area contributed by atoms with Crippen LogP contribution in [0.3, 0.4) is 0 Å². The normalized spacial score (nSPS) is 17.7. The largest absolute Gasteiger partial charge is 0.468 e. The highest BCUT2D eigenvalue weighted by Gasteiger charge is 2.25. The van der Waals surface area contributed by atoms with Gasteiger partial charge < -0.3 is 4.74 Å². The van der Waals surface area contributed by atoms with Gasteiger partial charge in [0.25, 0.3) is 0 Å². The first-order valence-corrected chi connectivity index (χ1v) is 8.45. The molecule has 0 spiro atoms. The molecule has 0 aliphatic heterocycles. The van der Waals surface area contributed by atoms with E-state index in [1.165, 1.54) is 31.3 Å². The highest BCUT2D eigenvalue weighted by molar-refractivity contribution is 7.98. The highest BCUT2D eigenvalue weighted by atomic mass is 32.2. The zero-order valence-corrected chi connectivity index (χ0v) is 13.0. The van der Waals surface area contributed by atoms with E-state index in [-0.39, 0.29) is 12.0 Å². The van der Waals surface area contributed by atoms with E-state index in [2.05, 4.69) is 17.4 Å². The van der Waals surface area contributed by atoms with Gasteiger partial charge in [0.15, 0.2) is 0 Å². The van der Waals surface area contributed by atoms with E-state index in [0.717, 1.165) is 18.4 Å². The van der Waals surface area contributed by atoms with Crippen LogP contribution < -0.4 is 5.32 Å². The number of benzene rings is 1. The predicted molar refractivity (Wildman–Crippen MR) is 83.0 cm³/mol. The van der Waals surface area contributed by atoms with E-state index in [1.54, 1.807) is 11.8 Å². The van der Waals surface area contributed by atoms with Crippen LogP contribution in [-0.4, -0.2) is 25.4 Å². The summed E-state index contributed by atoms with van der Waals surface area (Å²) in [6.45, 7) is 0. The summed E-state index contributed by atoms with van der Waals surface area (Å²) in [6.07, 6.45) is 8.15. The number of carbonyl (C=O) groups excluding carboxylic acids is 1. The number of ether oxygens (including phenoxy) is 1. The number of methoxy groups -OCH3 is 1. The van der Waals surface area contributed by atoms with Crippen LogP contribution in [0.5, 0.6) is 0 Å². The van der Waals surface area contributed by atoms with Crippen LogP contribution >= 0.6 is 11.8 Å². The fourth-order valence-electron chi connectivity index (χ4n) is 2.72. The SMILES string of the molecule is COC(=O)C(NC1CCCCC1)c1ccc(SC)cc1. The molecule has 1 N–H and O–H groups in total. The quantitative estimate of drug-likeness (QED) is 0.665. The van der Waals surface area contributed by atoms with E-state index in [0.29, 0.717) is 6.04 Å². The van der Waals surface area contributed by atoms with Crippen LogP contribution in [0, 0.1) is 0 Å². The van der Waals surface area contributed by atoms with Gasteiger partial charge in [-0.1, -0.05) is 31.4 Å². The summed E-state index contributed by atoms with van der Waals surface area (Å²) in [7, 11) is 1.45. The predicted octanol–water partition coefficient (Wildman–Crippen LogP) is 3.54. The van der Waals surface area contributed by atoms with Crippen LogP contribution in [0.2, 0.25) is 0 Å². The molecule has 0 aromatic heterocycles. The van der Waals surface area contributed by atoms with Gasteiger partial charge in [0, 0.05) is 10.9 Å². The second-order valence-electron chi connectivity index (χ2n) is 5.23. The molecule has 20 heavy (non-hydrogen) atoms. The van der Waals surface area contributed by atoms with Gasteiger partial charge in [-0.2, -0.15) is 0 Å². The van der Waals surface area contributed by atoms with Crippen molar-refractivity contribution < 1.29 is 9.53 Å². The third-order valence-electron chi connectivity index (χ3n) is 3.89. The molecule has 1 aromatic carbocycles. The highest BCUT2D eigenvalue weighted by Crippen LogP contribution is 2.24. The second-order valence-corrected chi connectivity index (χ2v) is 6.11. The van der Waals surface area contributed by atoms with Crippen molar-refractivity contribution in [2.75, 3.05) is 13.4 Å². The van der Waals surface area contributed by atoms with E-state index in [1.807, 2.05) is 18.4 Å². The first-order valence-electron chi connectivity index (χ1n) is 7.22.